The van der Waals surface area contributed by atoms with Crippen molar-refractivity contribution in [1.29, 1.82) is 5.26 Å². The molecule has 1 atom stereocenters. The van der Waals surface area contributed by atoms with E-state index >= 15 is 0 Å². The smallest absolute Gasteiger partial charge is 0.309 e. The Labute approximate surface area is 142 Å². The maximum atomic E-state index is 12.4. The predicted octanol–water partition coefficient (Wildman–Crippen LogP) is 0.743. The molecule has 1 fully saturated rings. The molecule has 6 heteroatoms. The largest absolute Gasteiger partial charge is 0.466 e. The summed E-state index contributed by atoms with van der Waals surface area (Å²) < 4.78 is 5.07. The molecular formula is C18H24N3O3+. The summed E-state index contributed by atoms with van der Waals surface area (Å²) in [5.41, 5.74) is 1.15. The van der Waals surface area contributed by atoms with E-state index in [1.807, 2.05) is 13.8 Å². The zero-order valence-corrected chi connectivity index (χ0v) is 14.2. The first-order valence-electron chi connectivity index (χ1n) is 8.37. The van der Waals surface area contributed by atoms with Crippen LogP contribution in [0.5, 0.6) is 0 Å². The fraction of sp³-hybridized carbons (Fsp3) is 0.500. The van der Waals surface area contributed by atoms with Crippen molar-refractivity contribution in [3.8, 4) is 6.07 Å². The first-order valence-corrected chi connectivity index (χ1v) is 8.37. The Balaban J connectivity index is 1.88. The van der Waals surface area contributed by atoms with E-state index in [9.17, 15) is 9.59 Å². The molecule has 1 aliphatic heterocycles. The molecule has 6 nitrogen and oxygen atoms in total. The van der Waals surface area contributed by atoms with Gasteiger partial charge in [-0.05, 0) is 32.0 Å². The van der Waals surface area contributed by atoms with Gasteiger partial charge in [0, 0.05) is 18.5 Å². The quantitative estimate of drug-likeness (QED) is 0.780. The van der Waals surface area contributed by atoms with Crippen LogP contribution >= 0.6 is 0 Å². The molecule has 0 aromatic heterocycles. The molecule has 0 radical (unpaired) electrons. The zero-order chi connectivity index (χ0) is 17.5. The number of benzene rings is 1. The fourth-order valence-corrected chi connectivity index (χ4v) is 3.02. The number of nitrogens with one attached hydrogen (secondary N) is 2. The number of ether oxygens (including phenoxy) is 1. The Hall–Kier alpha value is -2.39. The van der Waals surface area contributed by atoms with Crippen LogP contribution in [0.3, 0.4) is 0 Å². The van der Waals surface area contributed by atoms with Crippen molar-refractivity contribution in [2.45, 2.75) is 32.7 Å². The van der Waals surface area contributed by atoms with Crippen LogP contribution in [0.25, 0.3) is 0 Å². The SMILES string of the molecule is CCOC(=O)C1CC[NH+]([C@H](C)C(=O)Nc2cccc(C#N)c2)CC1. The summed E-state index contributed by atoms with van der Waals surface area (Å²) in [5.74, 6) is -0.243. The van der Waals surface area contributed by atoms with Crippen molar-refractivity contribution in [2.75, 3.05) is 25.0 Å². The van der Waals surface area contributed by atoms with E-state index in [1.165, 1.54) is 4.90 Å². The van der Waals surface area contributed by atoms with Gasteiger partial charge in [-0.25, -0.2) is 0 Å². The topological polar surface area (TPSA) is 83.6 Å². The van der Waals surface area contributed by atoms with Gasteiger partial charge in [0.1, 0.15) is 0 Å². The molecule has 1 aromatic carbocycles. The minimum Gasteiger partial charge on any atom is -0.466 e. The third-order valence-electron chi connectivity index (χ3n) is 4.51. The lowest BCUT2D eigenvalue weighted by Crippen LogP contribution is -3.17. The lowest BCUT2D eigenvalue weighted by Gasteiger charge is -2.31. The molecule has 1 saturated heterocycles. The number of rotatable bonds is 5. The molecule has 0 spiro atoms. The number of hydrogen-bond acceptors (Lipinski definition) is 4. The molecule has 0 unspecified atom stereocenters. The van der Waals surface area contributed by atoms with Crippen LogP contribution in [0.1, 0.15) is 32.3 Å². The molecule has 1 aromatic rings. The van der Waals surface area contributed by atoms with Crippen molar-refractivity contribution in [1.82, 2.24) is 0 Å². The van der Waals surface area contributed by atoms with E-state index in [0.29, 0.717) is 17.9 Å². The number of hydrogen-bond donors (Lipinski definition) is 2. The summed E-state index contributed by atoms with van der Waals surface area (Å²) in [7, 11) is 0. The van der Waals surface area contributed by atoms with Gasteiger partial charge < -0.3 is 15.0 Å². The van der Waals surface area contributed by atoms with Gasteiger partial charge in [-0.1, -0.05) is 6.07 Å². The Morgan fingerprint density at radius 1 is 1.42 bits per heavy atom. The highest BCUT2D eigenvalue weighted by Crippen LogP contribution is 2.13. The molecule has 1 amide bonds. The van der Waals surface area contributed by atoms with Crippen LogP contribution in [-0.2, 0) is 14.3 Å². The maximum absolute atomic E-state index is 12.4. The average Bonchev–Trinajstić information content (AvgIpc) is 2.61. The Bertz CT molecular complexity index is 631. The number of likely N-dealkylation sites (tertiary alicyclic amines) is 1. The highest BCUT2D eigenvalue weighted by Gasteiger charge is 2.33. The first-order chi connectivity index (χ1) is 11.5. The second-order valence-corrected chi connectivity index (χ2v) is 6.09. The van der Waals surface area contributed by atoms with Gasteiger partial charge >= 0.3 is 5.97 Å². The summed E-state index contributed by atoms with van der Waals surface area (Å²) in [5, 5.41) is 11.8. The number of nitrogens with zero attached hydrogens (tertiary/aromatic N) is 1. The summed E-state index contributed by atoms with van der Waals surface area (Å²) >= 11 is 0. The lowest BCUT2D eigenvalue weighted by molar-refractivity contribution is -0.919. The molecule has 2 rings (SSSR count). The van der Waals surface area contributed by atoms with E-state index in [2.05, 4.69) is 11.4 Å². The second-order valence-electron chi connectivity index (χ2n) is 6.09. The molecule has 24 heavy (non-hydrogen) atoms. The monoisotopic (exact) mass is 330 g/mol. The van der Waals surface area contributed by atoms with Gasteiger partial charge in [0.2, 0.25) is 0 Å². The molecule has 0 bridgehead atoms. The van der Waals surface area contributed by atoms with Gasteiger partial charge in [-0.15, -0.1) is 0 Å². The molecule has 0 aliphatic carbocycles. The van der Waals surface area contributed by atoms with Crippen molar-refractivity contribution in [2.24, 2.45) is 5.92 Å². The molecule has 1 aliphatic rings. The molecule has 128 valence electrons. The van der Waals surface area contributed by atoms with Crippen LogP contribution in [0.4, 0.5) is 5.69 Å². The van der Waals surface area contributed by atoms with Crippen molar-refractivity contribution in [3.05, 3.63) is 29.8 Å². The van der Waals surface area contributed by atoms with Gasteiger partial charge in [-0.2, -0.15) is 5.26 Å². The van der Waals surface area contributed by atoms with Gasteiger partial charge in [0.15, 0.2) is 6.04 Å². The van der Waals surface area contributed by atoms with E-state index in [-0.39, 0.29) is 23.8 Å². The summed E-state index contributed by atoms with van der Waals surface area (Å²) in [6, 6.07) is 8.73. The number of piperidine rings is 1. The first kappa shape index (κ1) is 18.0. The second kappa shape index (κ2) is 8.46. The molecule has 2 N–H and O–H groups in total. The van der Waals surface area contributed by atoms with Crippen LogP contribution in [0.2, 0.25) is 0 Å². The number of quaternary nitrogens is 1. The Morgan fingerprint density at radius 3 is 2.75 bits per heavy atom. The van der Waals surface area contributed by atoms with Gasteiger partial charge in [0.05, 0.1) is 37.2 Å². The third-order valence-corrected chi connectivity index (χ3v) is 4.51. The fourth-order valence-electron chi connectivity index (χ4n) is 3.02. The summed E-state index contributed by atoms with van der Waals surface area (Å²) in [6.45, 7) is 5.66. The van der Waals surface area contributed by atoms with Crippen LogP contribution in [-0.4, -0.2) is 37.6 Å². The van der Waals surface area contributed by atoms with E-state index in [1.54, 1.807) is 24.3 Å². The van der Waals surface area contributed by atoms with E-state index in [0.717, 1.165) is 25.9 Å². The summed E-state index contributed by atoms with van der Waals surface area (Å²) in [4.78, 5) is 25.4. The third kappa shape index (κ3) is 4.56. The Morgan fingerprint density at radius 2 is 2.12 bits per heavy atom. The number of anilines is 1. The van der Waals surface area contributed by atoms with Gasteiger partial charge in [-0.3, -0.25) is 9.59 Å². The number of carbonyl (C=O) groups excluding carboxylic acids is 2. The molecule has 1 heterocycles. The normalized spacial score (nSPS) is 21.4. The van der Waals surface area contributed by atoms with E-state index < -0.39 is 0 Å². The van der Waals surface area contributed by atoms with Crippen molar-refractivity contribution < 1.29 is 19.2 Å². The number of carbonyl (C=O) groups is 2. The number of nitriles is 1. The Kier molecular flexibility index (Phi) is 6.33. The number of amides is 1. The van der Waals surface area contributed by atoms with Crippen LogP contribution < -0.4 is 10.2 Å². The maximum Gasteiger partial charge on any atom is 0.309 e. The average molecular weight is 330 g/mol. The molecule has 0 saturated carbocycles. The van der Waals surface area contributed by atoms with Gasteiger partial charge in [0.25, 0.3) is 5.91 Å². The van der Waals surface area contributed by atoms with Crippen molar-refractivity contribution in [3.63, 3.8) is 0 Å². The van der Waals surface area contributed by atoms with Crippen molar-refractivity contribution >= 4 is 17.6 Å². The minimum atomic E-state index is -0.209. The predicted molar refractivity (Wildman–Crippen MR) is 89.3 cm³/mol. The molecular weight excluding hydrogens is 306 g/mol. The standard InChI is InChI=1S/C18H23N3O3/c1-3-24-18(23)15-7-9-21(10-8-15)13(2)17(22)20-16-6-4-5-14(11-16)12-19/h4-6,11,13,15H,3,7-10H2,1-2H3,(H,20,22)/p+1/t13-/m1/s1. The van der Waals surface area contributed by atoms with E-state index in [4.69, 9.17) is 10.00 Å². The number of esters is 1. The zero-order valence-electron chi connectivity index (χ0n) is 14.2. The lowest BCUT2D eigenvalue weighted by atomic mass is 9.96. The van der Waals surface area contributed by atoms with Crippen LogP contribution in [0.15, 0.2) is 24.3 Å². The highest BCUT2D eigenvalue weighted by atomic mass is 16.5. The summed E-state index contributed by atoms with van der Waals surface area (Å²) in [6.07, 6.45) is 1.49. The highest BCUT2D eigenvalue weighted by molar-refractivity contribution is 5.93. The minimum absolute atomic E-state index is 0.0451. The van der Waals surface area contributed by atoms with Crippen LogP contribution in [0, 0.1) is 17.2 Å².